The molecule has 0 unspecified atom stereocenters. The van der Waals surface area contributed by atoms with E-state index in [9.17, 15) is 5.11 Å². The summed E-state index contributed by atoms with van der Waals surface area (Å²) >= 11 is 0. The van der Waals surface area contributed by atoms with Gasteiger partial charge in [0.15, 0.2) is 0 Å². The van der Waals surface area contributed by atoms with E-state index in [0.717, 1.165) is 17.5 Å². The number of pyridine rings is 1. The lowest BCUT2D eigenvalue weighted by atomic mass is 9.78. The van der Waals surface area contributed by atoms with Gasteiger partial charge in [-0.2, -0.15) is 0 Å². The smallest absolute Gasteiger partial charge is 0.123 e. The summed E-state index contributed by atoms with van der Waals surface area (Å²) in [6, 6.07) is 8.33. The van der Waals surface area contributed by atoms with Gasteiger partial charge >= 0.3 is 0 Å². The van der Waals surface area contributed by atoms with Crippen molar-refractivity contribution in [3.05, 3.63) is 58.9 Å². The molecule has 0 aliphatic heterocycles. The second-order valence-corrected chi connectivity index (χ2v) is 8.08. The number of phenolic OH excluding ortho intramolecular Hbond substituents is 1. The fourth-order valence-corrected chi connectivity index (χ4v) is 2.68. The van der Waals surface area contributed by atoms with Crippen LogP contribution < -0.4 is 0 Å². The minimum Gasteiger partial charge on any atom is -0.507 e. The van der Waals surface area contributed by atoms with Crippen LogP contribution in [0, 0.1) is 0 Å². The Kier molecular flexibility index (Phi) is 4.32. The molecule has 0 saturated carbocycles. The van der Waals surface area contributed by atoms with Gasteiger partial charge < -0.3 is 5.11 Å². The van der Waals surface area contributed by atoms with Crippen LogP contribution in [0.4, 0.5) is 0 Å². The Morgan fingerprint density at radius 2 is 1.45 bits per heavy atom. The van der Waals surface area contributed by atoms with Crippen molar-refractivity contribution < 1.29 is 5.11 Å². The molecular formula is C20H27NO. The van der Waals surface area contributed by atoms with E-state index < -0.39 is 0 Å². The summed E-state index contributed by atoms with van der Waals surface area (Å²) in [5.41, 5.74) is 4.26. The molecule has 0 spiro atoms. The summed E-state index contributed by atoms with van der Waals surface area (Å²) in [6.07, 6.45) is 4.53. The van der Waals surface area contributed by atoms with Crippen LogP contribution in [0.1, 0.15) is 63.8 Å². The lowest BCUT2D eigenvalue weighted by Crippen LogP contribution is -2.18. The zero-order valence-corrected chi connectivity index (χ0v) is 14.6. The maximum absolute atomic E-state index is 10.7. The van der Waals surface area contributed by atoms with Gasteiger partial charge in [-0.15, -0.1) is 0 Å². The molecular weight excluding hydrogens is 270 g/mol. The molecule has 0 atom stereocenters. The molecule has 2 heteroatoms. The molecule has 2 aromatic rings. The zero-order chi connectivity index (χ0) is 16.5. The first-order valence-electron chi connectivity index (χ1n) is 7.85. The number of phenols is 1. The van der Waals surface area contributed by atoms with Crippen LogP contribution >= 0.6 is 0 Å². The maximum atomic E-state index is 10.7. The fourth-order valence-electron chi connectivity index (χ4n) is 2.68. The van der Waals surface area contributed by atoms with Gasteiger partial charge in [0.1, 0.15) is 5.75 Å². The Bertz CT molecular complexity index is 611. The fraction of sp³-hybridized carbons (Fsp3) is 0.450. The maximum Gasteiger partial charge on any atom is 0.123 e. The Morgan fingerprint density at radius 1 is 0.909 bits per heavy atom. The summed E-state index contributed by atoms with van der Waals surface area (Å²) < 4.78 is 0. The molecule has 0 radical (unpaired) electrons. The van der Waals surface area contributed by atoms with E-state index in [1.165, 1.54) is 11.1 Å². The number of aromatic hydroxyl groups is 1. The van der Waals surface area contributed by atoms with Gasteiger partial charge in [0.25, 0.3) is 0 Å². The zero-order valence-electron chi connectivity index (χ0n) is 14.6. The Labute approximate surface area is 134 Å². The quantitative estimate of drug-likeness (QED) is 0.848. The summed E-state index contributed by atoms with van der Waals surface area (Å²) in [6.45, 7) is 12.8. The molecule has 0 amide bonds. The molecule has 1 N–H and O–H groups in total. The summed E-state index contributed by atoms with van der Waals surface area (Å²) in [5.74, 6) is 0.440. The van der Waals surface area contributed by atoms with Crippen molar-refractivity contribution in [2.75, 3.05) is 0 Å². The van der Waals surface area contributed by atoms with Crippen LogP contribution in [0.2, 0.25) is 0 Å². The SMILES string of the molecule is CC(C)(C)c1cc(Cc2cccnc2)cc(C(C)(C)C)c1O. The number of hydrogen-bond donors (Lipinski definition) is 1. The highest BCUT2D eigenvalue weighted by Crippen LogP contribution is 2.40. The normalized spacial score (nSPS) is 12.5. The van der Waals surface area contributed by atoms with Crippen LogP contribution in [-0.2, 0) is 17.3 Å². The number of aromatic nitrogens is 1. The number of rotatable bonds is 2. The van der Waals surface area contributed by atoms with Crippen LogP contribution in [-0.4, -0.2) is 10.1 Å². The van der Waals surface area contributed by atoms with E-state index in [4.69, 9.17) is 0 Å². The van der Waals surface area contributed by atoms with Crippen LogP contribution in [0.15, 0.2) is 36.7 Å². The van der Waals surface area contributed by atoms with E-state index in [-0.39, 0.29) is 10.8 Å². The van der Waals surface area contributed by atoms with Gasteiger partial charge in [-0.3, -0.25) is 4.98 Å². The van der Waals surface area contributed by atoms with E-state index in [0.29, 0.717) is 5.75 Å². The Hall–Kier alpha value is -1.83. The molecule has 1 aromatic carbocycles. The summed E-state index contributed by atoms with van der Waals surface area (Å²) in [4.78, 5) is 4.19. The van der Waals surface area contributed by atoms with Crippen molar-refractivity contribution in [2.24, 2.45) is 0 Å². The lowest BCUT2D eigenvalue weighted by Gasteiger charge is -2.28. The first-order valence-corrected chi connectivity index (χ1v) is 7.85. The van der Waals surface area contributed by atoms with Gasteiger partial charge in [0, 0.05) is 12.4 Å². The number of hydrogen-bond acceptors (Lipinski definition) is 2. The van der Waals surface area contributed by atoms with Gasteiger partial charge in [-0.1, -0.05) is 59.7 Å². The first-order chi connectivity index (χ1) is 10.1. The minimum absolute atomic E-state index is 0.0883. The monoisotopic (exact) mass is 297 g/mol. The average molecular weight is 297 g/mol. The molecule has 1 heterocycles. The third kappa shape index (κ3) is 3.68. The summed E-state index contributed by atoms with van der Waals surface area (Å²) in [5, 5.41) is 10.7. The van der Waals surface area contributed by atoms with Gasteiger partial charge in [0.05, 0.1) is 0 Å². The lowest BCUT2D eigenvalue weighted by molar-refractivity contribution is 0.423. The molecule has 0 saturated heterocycles. The molecule has 22 heavy (non-hydrogen) atoms. The predicted molar refractivity (Wildman–Crippen MR) is 92.5 cm³/mol. The largest absolute Gasteiger partial charge is 0.507 e. The standard InChI is InChI=1S/C20H27NO/c1-19(2,3)16-11-15(10-14-8-7-9-21-13-14)12-17(18(16)22)20(4,5)6/h7-9,11-13,22H,10H2,1-6H3. The molecule has 2 nitrogen and oxygen atoms in total. The second kappa shape index (κ2) is 5.75. The Balaban J connectivity index is 2.56. The average Bonchev–Trinajstić information content (AvgIpc) is 2.39. The van der Waals surface area contributed by atoms with Gasteiger partial charge in [-0.05, 0) is 45.6 Å². The van der Waals surface area contributed by atoms with Gasteiger partial charge in [0.2, 0.25) is 0 Å². The third-order valence-corrected chi connectivity index (χ3v) is 3.92. The van der Waals surface area contributed by atoms with Crippen LogP contribution in [0.25, 0.3) is 0 Å². The topological polar surface area (TPSA) is 33.1 Å². The minimum atomic E-state index is -0.0883. The van der Waals surface area contributed by atoms with E-state index >= 15 is 0 Å². The molecule has 0 fully saturated rings. The highest BCUT2D eigenvalue weighted by molar-refractivity contribution is 5.50. The van der Waals surface area contributed by atoms with Crippen molar-refractivity contribution in [1.82, 2.24) is 4.98 Å². The highest BCUT2D eigenvalue weighted by atomic mass is 16.3. The Morgan fingerprint density at radius 3 is 1.86 bits per heavy atom. The molecule has 0 aliphatic carbocycles. The second-order valence-electron chi connectivity index (χ2n) is 8.08. The van der Waals surface area contributed by atoms with Crippen LogP contribution in [0.5, 0.6) is 5.75 Å². The molecule has 0 aliphatic rings. The molecule has 1 aromatic heterocycles. The van der Waals surface area contributed by atoms with E-state index in [1.54, 1.807) is 6.20 Å². The van der Waals surface area contributed by atoms with Crippen molar-refractivity contribution >= 4 is 0 Å². The van der Waals surface area contributed by atoms with E-state index in [2.05, 4.69) is 64.7 Å². The van der Waals surface area contributed by atoms with Gasteiger partial charge in [-0.25, -0.2) is 0 Å². The van der Waals surface area contributed by atoms with Crippen molar-refractivity contribution in [1.29, 1.82) is 0 Å². The number of nitrogens with zero attached hydrogens (tertiary/aromatic N) is 1. The molecule has 118 valence electrons. The van der Waals surface area contributed by atoms with Crippen molar-refractivity contribution in [3.8, 4) is 5.75 Å². The first kappa shape index (κ1) is 16.5. The van der Waals surface area contributed by atoms with Crippen molar-refractivity contribution in [2.45, 2.75) is 58.8 Å². The van der Waals surface area contributed by atoms with E-state index in [1.807, 2.05) is 12.3 Å². The van der Waals surface area contributed by atoms with Crippen LogP contribution in [0.3, 0.4) is 0 Å². The third-order valence-electron chi connectivity index (χ3n) is 3.92. The highest BCUT2D eigenvalue weighted by Gasteiger charge is 2.26. The summed E-state index contributed by atoms with van der Waals surface area (Å²) in [7, 11) is 0. The molecule has 2 rings (SSSR count). The number of benzene rings is 1. The predicted octanol–water partition coefficient (Wildman–Crippen LogP) is 4.97. The van der Waals surface area contributed by atoms with Crippen molar-refractivity contribution in [3.63, 3.8) is 0 Å². The molecule has 0 bridgehead atoms.